The second-order valence-corrected chi connectivity index (χ2v) is 4.61. The normalized spacial score (nSPS) is 17.1. The monoisotopic (exact) mass is 243 g/mol. The van der Waals surface area contributed by atoms with Crippen LogP contribution < -0.4 is 4.90 Å². The van der Waals surface area contributed by atoms with E-state index >= 15 is 0 Å². The zero-order chi connectivity index (χ0) is 12.4. The van der Waals surface area contributed by atoms with Crippen LogP contribution in [0.5, 0.6) is 0 Å². The van der Waals surface area contributed by atoms with Gasteiger partial charge in [0.15, 0.2) is 5.82 Å². The lowest BCUT2D eigenvalue weighted by atomic mass is 10.2. The summed E-state index contributed by atoms with van der Waals surface area (Å²) in [6, 6.07) is 6.07. The van der Waals surface area contributed by atoms with E-state index in [2.05, 4.69) is 39.1 Å². The Balaban J connectivity index is 1.83. The molecule has 3 heterocycles. The van der Waals surface area contributed by atoms with Gasteiger partial charge in [-0.2, -0.15) is 5.10 Å². The predicted octanol–water partition coefficient (Wildman–Crippen LogP) is 1.02. The van der Waals surface area contributed by atoms with Gasteiger partial charge in [-0.1, -0.05) is 0 Å². The molecule has 2 aromatic heterocycles. The maximum absolute atomic E-state index is 4.36. The lowest BCUT2D eigenvalue weighted by molar-refractivity contribution is 0.313. The summed E-state index contributed by atoms with van der Waals surface area (Å²) in [5.41, 5.74) is 1.23. The Morgan fingerprint density at radius 2 is 1.94 bits per heavy atom. The van der Waals surface area contributed by atoms with Crippen molar-refractivity contribution in [1.82, 2.24) is 19.7 Å². The third-order valence-electron chi connectivity index (χ3n) is 3.34. The highest BCUT2D eigenvalue weighted by Crippen LogP contribution is 2.17. The molecule has 0 amide bonds. The molecule has 1 saturated heterocycles. The second kappa shape index (κ2) is 4.78. The van der Waals surface area contributed by atoms with Gasteiger partial charge in [-0.3, -0.25) is 0 Å². The largest absolute Gasteiger partial charge is 0.369 e. The van der Waals surface area contributed by atoms with Gasteiger partial charge in [-0.05, 0) is 19.2 Å². The van der Waals surface area contributed by atoms with Crippen LogP contribution >= 0.6 is 0 Å². The van der Waals surface area contributed by atoms with Gasteiger partial charge in [-0.25, -0.2) is 9.67 Å². The van der Waals surface area contributed by atoms with Crippen molar-refractivity contribution >= 4 is 5.69 Å². The summed E-state index contributed by atoms with van der Waals surface area (Å²) in [4.78, 5) is 9.11. The molecule has 0 aromatic carbocycles. The fraction of sp³-hybridized carbons (Fsp3) is 0.385. The first kappa shape index (κ1) is 11.2. The number of hydrogen-bond acceptors (Lipinski definition) is 4. The Morgan fingerprint density at radius 1 is 1.11 bits per heavy atom. The second-order valence-electron chi connectivity index (χ2n) is 4.61. The standard InChI is InChI=1S/C13H17N5/c1-16-7-9-17(10-8-16)12-3-5-14-13(11-12)18-6-2-4-15-18/h2-6,11H,7-10H2,1H3. The molecular weight excluding hydrogens is 226 g/mol. The van der Waals surface area contributed by atoms with Gasteiger partial charge in [-0.15, -0.1) is 0 Å². The number of hydrogen-bond donors (Lipinski definition) is 0. The average Bonchev–Trinajstić information content (AvgIpc) is 2.94. The molecule has 2 aromatic rings. The smallest absolute Gasteiger partial charge is 0.155 e. The fourth-order valence-electron chi connectivity index (χ4n) is 2.20. The highest BCUT2D eigenvalue weighted by molar-refractivity contribution is 5.50. The topological polar surface area (TPSA) is 37.2 Å². The third-order valence-corrected chi connectivity index (χ3v) is 3.34. The van der Waals surface area contributed by atoms with Crippen LogP contribution in [0.3, 0.4) is 0 Å². The molecule has 3 rings (SSSR count). The zero-order valence-electron chi connectivity index (χ0n) is 10.5. The Kier molecular flexibility index (Phi) is 2.98. The van der Waals surface area contributed by atoms with Crippen LogP contribution in [-0.4, -0.2) is 52.9 Å². The molecule has 0 radical (unpaired) electrons. The van der Waals surface area contributed by atoms with Crippen molar-refractivity contribution in [2.45, 2.75) is 0 Å². The lowest BCUT2D eigenvalue weighted by Gasteiger charge is -2.34. The Bertz CT molecular complexity index is 500. The molecule has 5 heteroatoms. The van der Waals surface area contributed by atoms with E-state index in [9.17, 15) is 0 Å². The van der Waals surface area contributed by atoms with E-state index in [4.69, 9.17) is 0 Å². The highest BCUT2D eigenvalue weighted by atomic mass is 15.3. The molecule has 18 heavy (non-hydrogen) atoms. The van der Waals surface area contributed by atoms with Gasteiger partial charge in [0, 0.05) is 56.5 Å². The number of rotatable bonds is 2. The first-order valence-electron chi connectivity index (χ1n) is 6.22. The van der Waals surface area contributed by atoms with Crippen LogP contribution in [0.2, 0.25) is 0 Å². The van der Waals surface area contributed by atoms with Crippen molar-refractivity contribution in [2.75, 3.05) is 38.1 Å². The average molecular weight is 243 g/mol. The highest BCUT2D eigenvalue weighted by Gasteiger charge is 2.14. The maximum atomic E-state index is 4.36. The number of anilines is 1. The van der Waals surface area contributed by atoms with Crippen LogP contribution in [0.4, 0.5) is 5.69 Å². The van der Waals surface area contributed by atoms with Crippen LogP contribution in [0.15, 0.2) is 36.8 Å². The summed E-state index contributed by atoms with van der Waals surface area (Å²) in [6.07, 6.45) is 5.53. The molecule has 0 aliphatic carbocycles. The maximum Gasteiger partial charge on any atom is 0.155 e. The predicted molar refractivity (Wildman–Crippen MR) is 71.1 cm³/mol. The van der Waals surface area contributed by atoms with E-state index in [1.165, 1.54) is 5.69 Å². The van der Waals surface area contributed by atoms with Crippen molar-refractivity contribution in [2.24, 2.45) is 0 Å². The Labute approximate surface area is 107 Å². The Morgan fingerprint density at radius 3 is 2.67 bits per heavy atom. The summed E-state index contributed by atoms with van der Waals surface area (Å²) >= 11 is 0. The molecule has 0 unspecified atom stereocenters. The molecule has 0 spiro atoms. The summed E-state index contributed by atoms with van der Waals surface area (Å²) in [5, 5.41) is 4.21. The van der Waals surface area contributed by atoms with Crippen molar-refractivity contribution in [3.05, 3.63) is 36.8 Å². The van der Waals surface area contributed by atoms with Gasteiger partial charge in [0.05, 0.1) is 0 Å². The molecular formula is C13H17N5. The summed E-state index contributed by atoms with van der Waals surface area (Å²) in [7, 11) is 2.17. The molecule has 0 N–H and O–H groups in total. The van der Waals surface area contributed by atoms with Crippen molar-refractivity contribution in [1.29, 1.82) is 0 Å². The van der Waals surface area contributed by atoms with E-state index in [1.807, 2.05) is 18.5 Å². The van der Waals surface area contributed by atoms with Gasteiger partial charge in [0.1, 0.15) is 0 Å². The summed E-state index contributed by atoms with van der Waals surface area (Å²) < 4.78 is 1.79. The molecule has 5 nitrogen and oxygen atoms in total. The van der Waals surface area contributed by atoms with Gasteiger partial charge in [0.25, 0.3) is 0 Å². The van der Waals surface area contributed by atoms with E-state index in [0.29, 0.717) is 0 Å². The minimum Gasteiger partial charge on any atom is -0.369 e. The van der Waals surface area contributed by atoms with Crippen molar-refractivity contribution in [3.63, 3.8) is 0 Å². The fourth-order valence-corrected chi connectivity index (χ4v) is 2.20. The number of likely N-dealkylation sites (N-methyl/N-ethyl adjacent to an activating group) is 1. The van der Waals surface area contributed by atoms with Crippen molar-refractivity contribution < 1.29 is 0 Å². The molecule has 1 aliphatic rings. The SMILES string of the molecule is CN1CCN(c2ccnc(-n3cccn3)c2)CC1. The molecule has 1 fully saturated rings. The first-order valence-corrected chi connectivity index (χ1v) is 6.22. The quantitative estimate of drug-likeness (QED) is 0.789. The van der Waals surface area contributed by atoms with Gasteiger partial charge < -0.3 is 9.80 Å². The number of aromatic nitrogens is 3. The van der Waals surface area contributed by atoms with Crippen LogP contribution in [0.1, 0.15) is 0 Å². The third kappa shape index (κ3) is 2.22. The zero-order valence-corrected chi connectivity index (χ0v) is 10.5. The molecule has 94 valence electrons. The van der Waals surface area contributed by atoms with E-state index in [-0.39, 0.29) is 0 Å². The van der Waals surface area contributed by atoms with E-state index in [1.54, 1.807) is 10.9 Å². The number of piperazine rings is 1. The molecule has 1 aliphatic heterocycles. The minimum absolute atomic E-state index is 0.872. The van der Waals surface area contributed by atoms with Gasteiger partial charge in [0.2, 0.25) is 0 Å². The molecule has 0 atom stereocenters. The van der Waals surface area contributed by atoms with Crippen LogP contribution in [-0.2, 0) is 0 Å². The number of nitrogens with zero attached hydrogens (tertiary/aromatic N) is 5. The lowest BCUT2D eigenvalue weighted by Crippen LogP contribution is -2.44. The van der Waals surface area contributed by atoms with Gasteiger partial charge >= 0.3 is 0 Å². The van der Waals surface area contributed by atoms with Crippen LogP contribution in [0, 0.1) is 0 Å². The summed E-state index contributed by atoms with van der Waals surface area (Å²) in [6.45, 7) is 4.36. The van der Waals surface area contributed by atoms with Crippen molar-refractivity contribution in [3.8, 4) is 5.82 Å². The molecule has 0 bridgehead atoms. The molecule has 0 saturated carbocycles. The number of pyridine rings is 1. The van der Waals surface area contributed by atoms with E-state index < -0.39 is 0 Å². The summed E-state index contributed by atoms with van der Waals surface area (Å²) in [5.74, 6) is 0.872. The first-order chi connectivity index (χ1) is 8.83. The van der Waals surface area contributed by atoms with Crippen LogP contribution in [0.25, 0.3) is 5.82 Å². The minimum atomic E-state index is 0.872. The Hall–Kier alpha value is -1.88. The van der Waals surface area contributed by atoms with E-state index in [0.717, 1.165) is 32.0 Å².